The van der Waals surface area contributed by atoms with Gasteiger partial charge in [-0.25, -0.2) is 13.9 Å². The second kappa shape index (κ2) is 9.48. The number of fused-ring (bicyclic) bond motifs is 1. The Kier molecular flexibility index (Phi) is 6.66. The fourth-order valence-corrected chi connectivity index (χ4v) is 5.82. The van der Waals surface area contributed by atoms with Crippen LogP contribution in [0.3, 0.4) is 0 Å². The third-order valence-corrected chi connectivity index (χ3v) is 7.87. The zero-order valence-corrected chi connectivity index (χ0v) is 19.0. The molecule has 0 bridgehead atoms. The minimum atomic E-state index is -4.07. The van der Waals surface area contributed by atoms with E-state index in [2.05, 4.69) is 13.0 Å². The van der Waals surface area contributed by atoms with E-state index < -0.39 is 28.1 Å². The molecule has 1 aliphatic heterocycles. The highest BCUT2D eigenvalue weighted by atomic mass is 32.2. The number of nitrogens with zero attached hydrogens (tertiary/aromatic N) is 1. The predicted octanol–water partition coefficient (Wildman–Crippen LogP) is 2.75. The largest absolute Gasteiger partial charge is 0.489 e. The van der Waals surface area contributed by atoms with E-state index in [1.165, 1.54) is 23.2 Å². The molecule has 0 aromatic heterocycles. The van der Waals surface area contributed by atoms with Crippen LogP contribution < -0.4 is 10.2 Å². The standard InChI is InChI=1S/C24H26N2O6S/c1-16-6-7-17(22-5-3-2-4-21(16)22)15-32-19-9-11-20(12-10-19)33(30,31)26-14-18(27)8-13-23(26)24(28)25-29/h2-7,9-12,18,23,27,29H,8,13-15H2,1H3,(H,25,28). The van der Waals surface area contributed by atoms with Gasteiger partial charge in [-0.15, -0.1) is 0 Å². The second-order valence-corrected chi connectivity index (χ2v) is 10.0. The number of carbonyl (C=O) groups is 1. The molecule has 0 saturated carbocycles. The van der Waals surface area contributed by atoms with Crippen LogP contribution in [-0.4, -0.2) is 47.6 Å². The summed E-state index contributed by atoms with van der Waals surface area (Å²) in [5.41, 5.74) is 3.72. The van der Waals surface area contributed by atoms with Crippen molar-refractivity contribution in [2.75, 3.05) is 6.54 Å². The number of aliphatic hydroxyl groups excluding tert-OH is 1. The summed E-state index contributed by atoms with van der Waals surface area (Å²) in [5, 5.41) is 21.2. The lowest BCUT2D eigenvalue weighted by Crippen LogP contribution is -2.54. The van der Waals surface area contributed by atoms with Crippen molar-refractivity contribution in [2.24, 2.45) is 0 Å². The SMILES string of the molecule is Cc1ccc(COc2ccc(S(=O)(=O)N3CC(O)CCC3C(=O)NO)cc2)c2ccccc12. The predicted molar refractivity (Wildman–Crippen MR) is 122 cm³/mol. The number of carbonyl (C=O) groups excluding carboxylic acids is 1. The summed E-state index contributed by atoms with van der Waals surface area (Å²) in [6.45, 7) is 2.16. The summed E-state index contributed by atoms with van der Waals surface area (Å²) < 4.78 is 33.1. The number of piperidine rings is 1. The van der Waals surface area contributed by atoms with E-state index in [9.17, 15) is 18.3 Å². The van der Waals surface area contributed by atoms with Crippen molar-refractivity contribution in [1.82, 2.24) is 9.79 Å². The summed E-state index contributed by atoms with van der Waals surface area (Å²) >= 11 is 0. The number of aryl methyl sites for hydroxylation is 1. The zero-order chi connectivity index (χ0) is 23.6. The van der Waals surface area contributed by atoms with Crippen LogP contribution in [0.2, 0.25) is 0 Å². The van der Waals surface area contributed by atoms with Crippen LogP contribution in [0.1, 0.15) is 24.0 Å². The van der Waals surface area contributed by atoms with Crippen molar-refractivity contribution in [2.45, 2.75) is 43.4 Å². The topological polar surface area (TPSA) is 116 Å². The summed E-state index contributed by atoms with van der Waals surface area (Å²) in [5.74, 6) is -0.322. The average Bonchev–Trinajstić information content (AvgIpc) is 2.83. The minimum Gasteiger partial charge on any atom is -0.489 e. The normalized spacial score (nSPS) is 19.4. The van der Waals surface area contributed by atoms with Gasteiger partial charge in [0.15, 0.2) is 0 Å². The number of sulfonamides is 1. The molecule has 8 nitrogen and oxygen atoms in total. The van der Waals surface area contributed by atoms with Gasteiger partial charge in [0.1, 0.15) is 18.4 Å². The Morgan fingerprint density at radius 3 is 2.45 bits per heavy atom. The summed E-state index contributed by atoms with van der Waals surface area (Å²) in [7, 11) is -4.07. The number of benzene rings is 3. The molecule has 4 rings (SSSR count). The first-order valence-corrected chi connectivity index (χ1v) is 12.1. The van der Waals surface area contributed by atoms with Gasteiger partial charge in [-0.3, -0.25) is 10.0 Å². The molecule has 2 unspecified atom stereocenters. The van der Waals surface area contributed by atoms with Crippen molar-refractivity contribution >= 4 is 26.7 Å². The van der Waals surface area contributed by atoms with Crippen molar-refractivity contribution in [3.63, 3.8) is 0 Å². The fourth-order valence-electron chi connectivity index (χ4n) is 4.16. The fraction of sp³-hybridized carbons (Fsp3) is 0.292. The maximum atomic E-state index is 13.1. The lowest BCUT2D eigenvalue weighted by Gasteiger charge is -2.35. The monoisotopic (exact) mass is 470 g/mol. The molecule has 3 N–H and O–H groups in total. The van der Waals surface area contributed by atoms with E-state index in [0.717, 1.165) is 20.6 Å². The molecule has 2 atom stereocenters. The van der Waals surface area contributed by atoms with Crippen molar-refractivity contribution in [1.29, 1.82) is 0 Å². The first kappa shape index (κ1) is 23.2. The molecule has 174 valence electrons. The van der Waals surface area contributed by atoms with Gasteiger partial charge in [-0.1, -0.05) is 36.4 Å². The first-order valence-electron chi connectivity index (χ1n) is 10.6. The van der Waals surface area contributed by atoms with Crippen LogP contribution in [0, 0.1) is 6.92 Å². The maximum absolute atomic E-state index is 13.1. The summed E-state index contributed by atoms with van der Waals surface area (Å²) in [6, 6.07) is 17.0. The summed E-state index contributed by atoms with van der Waals surface area (Å²) in [6.07, 6.45) is -0.502. The Balaban J connectivity index is 1.52. The van der Waals surface area contributed by atoms with Crippen molar-refractivity contribution in [3.8, 4) is 5.75 Å². The Labute approximate surface area is 192 Å². The molecule has 9 heteroatoms. The first-order chi connectivity index (χ1) is 15.8. The van der Waals surface area contributed by atoms with Gasteiger partial charge in [0.2, 0.25) is 10.0 Å². The molecule has 1 saturated heterocycles. The number of ether oxygens (including phenoxy) is 1. The van der Waals surface area contributed by atoms with Gasteiger partial charge >= 0.3 is 0 Å². The smallest absolute Gasteiger partial charge is 0.261 e. The third kappa shape index (κ3) is 4.72. The molecule has 33 heavy (non-hydrogen) atoms. The number of hydrogen-bond acceptors (Lipinski definition) is 6. The van der Waals surface area contributed by atoms with E-state index in [1.54, 1.807) is 12.1 Å². The third-order valence-electron chi connectivity index (χ3n) is 5.98. The van der Waals surface area contributed by atoms with Crippen LogP contribution in [0.15, 0.2) is 65.6 Å². The van der Waals surface area contributed by atoms with Crippen molar-refractivity contribution < 1.29 is 28.3 Å². The molecule has 1 fully saturated rings. The second-order valence-electron chi connectivity index (χ2n) is 8.14. The number of hydrogen-bond donors (Lipinski definition) is 3. The highest BCUT2D eigenvalue weighted by Gasteiger charge is 2.40. The van der Waals surface area contributed by atoms with E-state index in [-0.39, 0.29) is 24.3 Å². The van der Waals surface area contributed by atoms with Gasteiger partial charge < -0.3 is 9.84 Å². The highest BCUT2D eigenvalue weighted by Crippen LogP contribution is 2.28. The van der Waals surface area contributed by atoms with Crippen LogP contribution in [0.5, 0.6) is 5.75 Å². The van der Waals surface area contributed by atoms with Gasteiger partial charge in [-0.2, -0.15) is 4.31 Å². The van der Waals surface area contributed by atoms with Crippen molar-refractivity contribution in [3.05, 3.63) is 71.8 Å². The van der Waals surface area contributed by atoms with Crippen LogP contribution in [-0.2, 0) is 21.4 Å². The van der Waals surface area contributed by atoms with E-state index >= 15 is 0 Å². The summed E-state index contributed by atoms with van der Waals surface area (Å²) in [4.78, 5) is 12.0. The Hall–Kier alpha value is -2.98. The molecular weight excluding hydrogens is 444 g/mol. The lowest BCUT2D eigenvalue weighted by atomic mass is 10.0. The van der Waals surface area contributed by atoms with Crippen LogP contribution in [0.4, 0.5) is 0 Å². The van der Waals surface area contributed by atoms with E-state index in [4.69, 9.17) is 9.94 Å². The van der Waals surface area contributed by atoms with Gasteiger partial charge in [0.25, 0.3) is 5.91 Å². The molecule has 1 heterocycles. The number of rotatable bonds is 6. The molecular formula is C24H26N2O6S. The molecule has 0 spiro atoms. The van der Waals surface area contributed by atoms with Crippen LogP contribution in [0.25, 0.3) is 10.8 Å². The average molecular weight is 471 g/mol. The number of amides is 1. The lowest BCUT2D eigenvalue weighted by molar-refractivity contribution is -0.135. The number of hydroxylamine groups is 1. The highest BCUT2D eigenvalue weighted by molar-refractivity contribution is 7.89. The Morgan fingerprint density at radius 1 is 1.06 bits per heavy atom. The number of aliphatic hydroxyl groups is 1. The maximum Gasteiger partial charge on any atom is 0.261 e. The zero-order valence-electron chi connectivity index (χ0n) is 18.1. The van der Waals surface area contributed by atoms with Gasteiger partial charge in [0, 0.05) is 6.54 Å². The molecule has 3 aromatic carbocycles. The Bertz CT molecular complexity index is 1260. The quantitative estimate of drug-likeness (QED) is 0.377. The van der Waals surface area contributed by atoms with E-state index in [1.807, 2.05) is 30.3 Å². The number of nitrogens with one attached hydrogen (secondary N) is 1. The molecule has 0 radical (unpaired) electrons. The Morgan fingerprint density at radius 2 is 1.76 bits per heavy atom. The molecule has 1 amide bonds. The molecule has 3 aromatic rings. The van der Waals surface area contributed by atoms with Gasteiger partial charge in [-0.05, 0) is 65.9 Å². The minimum absolute atomic E-state index is 0.0273. The van der Waals surface area contributed by atoms with Crippen LogP contribution >= 0.6 is 0 Å². The van der Waals surface area contributed by atoms with Gasteiger partial charge in [0.05, 0.1) is 11.0 Å². The molecule has 0 aliphatic carbocycles. The molecule has 1 aliphatic rings. The van der Waals surface area contributed by atoms with E-state index in [0.29, 0.717) is 12.4 Å². The number of β-amino-alcohol motifs (C(OH)–C–C–N with tert-alkyl or cyclic N) is 1.